The Bertz CT molecular complexity index is 342. The summed E-state index contributed by atoms with van der Waals surface area (Å²) in [4.78, 5) is 15.1. The summed E-state index contributed by atoms with van der Waals surface area (Å²) < 4.78 is 0. The fraction of sp³-hybridized carbons (Fsp3) is 0.636. The number of carbonyl (C=O) groups excluding carboxylic acids is 1. The number of carbonyl (C=O) groups is 1. The van der Waals surface area contributed by atoms with Gasteiger partial charge in [-0.15, -0.1) is 0 Å². The first-order valence-corrected chi connectivity index (χ1v) is 4.82. The molecule has 0 aliphatic heterocycles. The molecule has 1 N–H and O–H groups in total. The molecule has 14 heavy (non-hydrogen) atoms. The number of ketones is 1. The van der Waals surface area contributed by atoms with Crippen molar-refractivity contribution in [1.82, 2.24) is 0 Å². The van der Waals surface area contributed by atoms with Crippen LogP contribution in [-0.4, -0.2) is 16.3 Å². The summed E-state index contributed by atoms with van der Waals surface area (Å²) in [5.74, 6) is 0.221. The molecule has 0 aromatic heterocycles. The van der Waals surface area contributed by atoms with E-state index in [0.717, 1.165) is 0 Å². The van der Waals surface area contributed by atoms with Crippen LogP contribution >= 0.6 is 0 Å². The van der Waals surface area contributed by atoms with Gasteiger partial charge in [-0.1, -0.05) is 25.5 Å². The molecule has 0 aromatic rings. The van der Waals surface area contributed by atoms with Crippen LogP contribution in [-0.2, 0) is 4.79 Å². The molecular weight excluding hydrogens is 176 g/mol. The first-order valence-electron chi connectivity index (χ1n) is 4.82. The topological polar surface area (TPSA) is 55.0 Å². The molecule has 1 aliphatic carbocycles. The Hall–Kier alpha value is -1.21. The van der Waals surface area contributed by atoms with Gasteiger partial charge < -0.3 is 0 Å². The minimum atomic E-state index is -0.392. The predicted octanol–water partition coefficient (Wildman–Crippen LogP) is 2.25. The lowest BCUT2D eigenvalue weighted by Crippen LogP contribution is -2.26. The van der Waals surface area contributed by atoms with Crippen molar-refractivity contribution < 1.29 is 9.58 Å². The number of nitrogens with one attached hydrogen (secondary N) is 1. The van der Waals surface area contributed by atoms with Gasteiger partial charge in [0.15, 0.2) is 0 Å². The average Bonchev–Trinajstić information content (AvgIpc) is 2.28. The van der Waals surface area contributed by atoms with Gasteiger partial charge in [0.25, 0.3) is 0 Å². The molecular formula is C11H17N2O+. The SMILES string of the molecule is CC(C)=CC1CC(=[N+]=N)C(=O)C1(C)C. The fourth-order valence-corrected chi connectivity index (χ4v) is 1.86. The second-order valence-corrected chi connectivity index (χ2v) is 4.66. The Kier molecular flexibility index (Phi) is 2.72. The minimum Gasteiger partial charge on any atom is -0.286 e. The van der Waals surface area contributed by atoms with Gasteiger partial charge in [-0.05, 0) is 13.8 Å². The minimum absolute atomic E-state index is 0.0231. The van der Waals surface area contributed by atoms with Gasteiger partial charge in [0.05, 0.1) is 16.7 Å². The van der Waals surface area contributed by atoms with Crippen LogP contribution in [0, 0.1) is 16.9 Å². The number of hydrogen-bond acceptors (Lipinski definition) is 2. The highest BCUT2D eigenvalue weighted by Crippen LogP contribution is 2.39. The molecule has 1 fully saturated rings. The monoisotopic (exact) mass is 193 g/mol. The molecule has 1 saturated carbocycles. The standard InChI is InChI=1S/C11H17N2O/c1-7(2)5-8-6-9(13-12)10(14)11(8,3)4/h5,8,12H,6H2,1-4H3/q+1. The second kappa shape index (κ2) is 3.50. The number of Topliss-reactive ketones (excluding diaryl/α,β-unsaturated/α-hetero) is 1. The zero-order chi connectivity index (χ0) is 10.9. The predicted molar refractivity (Wildman–Crippen MR) is 54.3 cm³/mol. The summed E-state index contributed by atoms with van der Waals surface area (Å²) in [5.41, 5.74) is 8.16. The molecule has 0 saturated heterocycles. The molecule has 0 radical (unpaired) electrons. The van der Waals surface area contributed by atoms with Crippen LogP contribution in [0.15, 0.2) is 11.6 Å². The summed E-state index contributed by atoms with van der Waals surface area (Å²) in [6.07, 6.45) is 2.72. The molecule has 0 bridgehead atoms. The van der Waals surface area contributed by atoms with Gasteiger partial charge >= 0.3 is 5.71 Å². The zero-order valence-electron chi connectivity index (χ0n) is 9.22. The number of allylic oxidation sites excluding steroid dienone is 2. The third kappa shape index (κ3) is 1.68. The Morgan fingerprint density at radius 3 is 2.50 bits per heavy atom. The van der Waals surface area contributed by atoms with Gasteiger partial charge in [0.2, 0.25) is 5.78 Å². The number of rotatable bonds is 1. The highest BCUT2D eigenvalue weighted by Gasteiger charge is 2.51. The summed E-state index contributed by atoms with van der Waals surface area (Å²) in [6.45, 7) is 7.90. The van der Waals surface area contributed by atoms with E-state index in [1.807, 2.05) is 27.7 Å². The molecule has 0 spiro atoms. The maximum absolute atomic E-state index is 11.8. The molecule has 0 heterocycles. The van der Waals surface area contributed by atoms with Crippen molar-refractivity contribution in [3.05, 3.63) is 11.6 Å². The average molecular weight is 193 g/mol. The summed E-state index contributed by atoms with van der Waals surface area (Å²) in [7, 11) is 0. The van der Waals surface area contributed by atoms with Crippen LogP contribution in [0.1, 0.15) is 34.1 Å². The lowest BCUT2D eigenvalue weighted by Gasteiger charge is -2.20. The number of hydrogen-bond donors (Lipinski definition) is 1. The third-order valence-electron chi connectivity index (χ3n) is 2.86. The van der Waals surface area contributed by atoms with E-state index in [1.165, 1.54) is 5.57 Å². The quantitative estimate of drug-likeness (QED) is 0.387. The van der Waals surface area contributed by atoms with Crippen molar-refractivity contribution in [2.75, 3.05) is 0 Å². The molecule has 1 rings (SSSR count). The van der Waals surface area contributed by atoms with E-state index >= 15 is 0 Å². The van der Waals surface area contributed by atoms with E-state index in [0.29, 0.717) is 12.1 Å². The van der Waals surface area contributed by atoms with Gasteiger partial charge in [-0.3, -0.25) is 4.79 Å². The molecule has 0 amide bonds. The molecule has 3 heteroatoms. The van der Waals surface area contributed by atoms with Crippen molar-refractivity contribution in [2.45, 2.75) is 34.1 Å². The van der Waals surface area contributed by atoms with Gasteiger partial charge in [0.1, 0.15) is 0 Å². The van der Waals surface area contributed by atoms with Gasteiger partial charge in [0, 0.05) is 11.3 Å². The van der Waals surface area contributed by atoms with Crippen LogP contribution in [0.5, 0.6) is 0 Å². The molecule has 3 nitrogen and oxygen atoms in total. The molecule has 76 valence electrons. The molecule has 1 atom stereocenters. The van der Waals surface area contributed by atoms with Crippen LogP contribution in [0.25, 0.3) is 0 Å². The van der Waals surface area contributed by atoms with E-state index in [1.54, 1.807) is 0 Å². The Balaban J connectivity index is 3.09. The maximum atomic E-state index is 11.8. The van der Waals surface area contributed by atoms with Crippen LogP contribution < -0.4 is 0 Å². The third-order valence-corrected chi connectivity index (χ3v) is 2.86. The van der Waals surface area contributed by atoms with E-state index in [-0.39, 0.29) is 11.7 Å². The highest BCUT2D eigenvalue weighted by atomic mass is 16.1. The maximum Gasteiger partial charge on any atom is 0.384 e. The van der Waals surface area contributed by atoms with Crippen LogP contribution in [0.3, 0.4) is 0 Å². The highest BCUT2D eigenvalue weighted by molar-refractivity contribution is 6.41. The number of nitrogens with zero attached hydrogens (tertiary/aromatic N) is 1. The lowest BCUT2D eigenvalue weighted by molar-refractivity contribution is -0.138. The van der Waals surface area contributed by atoms with Crippen LogP contribution in [0.4, 0.5) is 0 Å². The first kappa shape index (κ1) is 10.9. The zero-order valence-corrected chi connectivity index (χ0v) is 9.22. The summed E-state index contributed by atoms with van der Waals surface area (Å²) in [5, 5.41) is 0. The van der Waals surface area contributed by atoms with E-state index in [9.17, 15) is 4.79 Å². The Morgan fingerprint density at radius 1 is 1.57 bits per heavy atom. The first-order chi connectivity index (χ1) is 6.39. The van der Waals surface area contributed by atoms with Crippen molar-refractivity contribution in [3.8, 4) is 0 Å². The van der Waals surface area contributed by atoms with Crippen molar-refractivity contribution >= 4 is 11.5 Å². The largest absolute Gasteiger partial charge is 0.384 e. The van der Waals surface area contributed by atoms with E-state index in [2.05, 4.69) is 10.9 Å². The molecule has 1 aliphatic rings. The van der Waals surface area contributed by atoms with Crippen molar-refractivity contribution in [3.63, 3.8) is 0 Å². The normalized spacial score (nSPS) is 24.7. The van der Waals surface area contributed by atoms with E-state index < -0.39 is 5.41 Å². The Labute approximate surface area is 84.4 Å². The van der Waals surface area contributed by atoms with Gasteiger partial charge in [-0.25, -0.2) is 0 Å². The smallest absolute Gasteiger partial charge is 0.286 e. The summed E-state index contributed by atoms with van der Waals surface area (Å²) in [6, 6.07) is 0. The van der Waals surface area contributed by atoms with Crippen molar-refractivity contribution in [2.24, 2.45) is 11.3 Å². The van der Waals surface area contributed by atoms with Gasteiger partial charge in [-0.2, -0.15) is 0 Å². The molecule has 1 unspecified atom stereocenters. The van der Waals surface area contributed by atoms with Crippen LogP contribution in [0.2, 0.25) is 0 Å². The Morgan fingerprint density at radius 2 is 2.14 bits per heavy atom. The lowest BCUT2D eigenvalue weighted by atomic mass is 9.80. The van der Waals surface area contributed by atoms with E-state index in [4.69, 9.17) is 5.53 Å². The molecule has 0 aromatic carbocycles. The fourth-order valence-electron chi connectivity index (χ4n) is 1.86. The van der Waals surface area contributed by atoms with Crippen molar-refractivity contribution in [1.29, 1.82) is 5.53 Å². The summed E-state index contributed by atoms with van der Waals surface area (Å²) >= 11 is 0. The second-order valence-electron chi connectivity index (χ2n) is 4.66.